The molecule has 0 aliphatic carbocycles. The van der Waals surface area contributed by atoms with Crippen molar-refractivity contribution in [2.45, 2.75) is 19.8 Å². The summed E-state index contributed by atoms with van der Waals surface area (Å²) in [6, 6.07) is 26.7. The van der Waals surface area contributed by atoms with Crippen molar-refractivity contribution in [1.29, 1.82) is 0 Å². The molecule has 2 nitrogen and oxygen atoms in total. The van der Waals surface area contributed by atoms with Crippen molar-refractivity contribution in [1.82, 2.24) is 0 Å². The Bertz CT molecular complexity index is 798. The van der Waals surface area contributed by atoms with E-state index in [0.29, 0.717) is 22.3 Å². The van der Waals surface area contributed by atoms with Gasteiger partial charge in [0.1, 0.15) is 5.75 Å². The molecular formula is C21H21O2P. The van der Waals surface area contributed by atoms with Crippen LogP contribution in [0.2, 0.25) is 0 Å². The molecule has 0 unspecified atom stereocenters. The Morgan fingerprint density at radius 1 is 0.708 bits per heavy atom. The maximum absolute atomic E-state index is 13.9. The van der Waals surface area contributed by atoms with E-state index in [-0.39, 0.29) is 0 Å². The molecule has 0 radical (unpaired) electrons. The van der Waals surface area contributed by atoms with Crippen molar-refractivity contribution in [3.05, 3.63) is 90.5 Å². The first-order valence-electron chi connectivity index (χ1n) is 8.11. The molecule has 3 rings (SSSR count). The molecule has 0 fully saturated rings. The summed E-state index contributed by atoms with van der Waals surface area (Å²) >= 11 is 0. The van der Waals surface area contributed by atoms with E-state index in [1.54, 1.807) is 0 Å². The fourth-order valence-electron chi connectivity index (χ4n) is 2.68. The summed E-state index contributed by atoms with van der Waals surface area (Å²) in [7, 11) is -3.21. The summed E-state index contributed by atoms with van der Waals surface area (Å²) < 4.78 is 20.2. The third kappa shape index (κ3) is 3.29. The van der Waals surface area contributed by atoms with Crippen LogP contribution in [0.5, 0.6) is 5.75 Å². The molecule has 3 heteroatoms. The van der Waals surface area contributed by atoms with E-state index in [1.807, 2.05) is 84.9 Å². The molecule has 3 aromatic rings. The normalized spacial score (nSPS) is 11.5. The Labute approximate surface area is 143 Å². The lowest BCUT2D eigenvalue weighted by Gasteiger charge is -2.23. The van der Waals surface area contributed by atoms with Crippen LogP contribution in [0.3, 0.4) is 0 Å². The molecule has 0 atom stereocenters. The standard InChI is InChI=1S/C21H21O2P/c1-17(2)20-15-9-10-16-21(20)23-24(22,18-11-5-3-6-12-18)19-13-7-4-8-14-19/h3-17H,1-2H3. The monoisotopic (exact) mass is 336 g/mol. The van der Waals surface area contributed by atoms with E-state index in [2.05, 4.69) is 13.8 Å². The van der Waals surface area contributed by atoms with Gasteiger partial charge >= 0.3 is 7.37 Å². The van der Waals surface area contributed by atoms with Crippen LogP contribution in [0.25, 0.3) is 0 Å². The average molecular weight is 336 g/mol. The van der Waals surface area contributed by atoms with Crippen LogP contribution in [-0.4, -0.2) is 0 Å². The van der Waals surface area contributed by atoms with Gasteiger partial charge in [-0.25, -0.2) is 0 Å². The zero-order chi connectivity index (χ0) is 17.0. The van der Waals surface area contributed by atoms with Gasteiger partial charge in [0.25, 0.3) is 0 Å². The predicted molar refractivity (Wildman–Crippen MR) is 101 cm³/mol. The molecule has 0 heterocycles. The summed E-state index contributed by atoms with van der Waals surface area (Å²) in [5.41, 5.74) is 1.06. The lowest BCUT2D eigenvalue weighted by molar-refractivity contribution is 0.498. The van der Waals surface area contributed by atoms with Crippen LogP contribution >= 0.6 is 7.37 Å². The van der Waals surface area contributed by atoms with Gasteiger partial charge in [-0.3, -0.25) is 4.57 Å². The number of benzene rings is 3. The van der Waals surface area contributed by atoms with Gasteiger partial charge in [-0.05, 0) is 41.8 Å². The zero-order valence-corrected chi connectivity index (χ0v) is 14.8. The highest BCUT2D eigenvalue weighted by Crippen LogP contribution is 2.46. The smallest absolute Gasteiger partial charge is 0.306 e. The van der Waals surface area contributed by atoms with Crippen molar-refractivity contribution in [2.24, 2.45) is 0 Å². The molecule has 0 bridgehead atoms. The second-order valence-corrected chi connectivity index (χ2v) is 8.32. The number of rotatable bonds is 5. The Morgan fingerprint density at radius 2 is 1.17 bits per heavy atom. The van der Waals surface area contributed by atoms with Gasteiger partial charge in [-0.1, -0.05) is 68.4 Å². The van der Waals surface area contributed by atoms with Gasteiger partial charge in [-0.15, -0.1) is 0 Å². The van der Waals surface area contributed by atoms with Gasteiger partial charge in [0.15, 0.2) is 0 Å². The maximum Gasteiger partial charge on any atom is 0.306 e. The van der Waals surface area contributed by atoms with Crippen molar-refractivity contribution in [3.8, 4) is 5.75 Å². The van der Waals surface area contributed by atoms with Crippen molar-refractivity contribution in [2.75, 3.05) is 0 Å². The van der Waals surface area contributed by atoms with E-state index < -0.39 is 7.37 Å². The lowest BCUT2D eigenvalue weighted by atomic mass is 10.0. The molecule has 0 aliphatic rings. The molecule has 0 N–H and O–H groups in total. The van der Waals surface area contributed by atoms with Gasteiger partial charge in [0, 0.05) is 0 Å². The fourth-order valence-corrected chi connectivity index (χ4v) is 4.76. The van der Waals surface area contributed by atoms with E-state index in [1.165, 1.54) is 0 Å². The van der Waals surface area contributed by atoms with Gasteiger partial charge in [0.2, 0.25) is 0 Å². The third-order valence-electron chi connectivity index (χ3n) is 3.96. The van der Waals surface area contributed by atoms with E-state index >= 15 is 0 Å². The molecule has 122 valence electrons. The second-order valence-electron chi connectivity index (χ2n) is 6.01. The predicted octanol–water partition coefficient (Wildman–Crippen LogP) is 5.12. The highest BCUT2D eigenvalue weighted by Gasteiger charge is 2.30. The Kier molecular flexibility index (Phi) is 4.87. The zero-order valence-electron chi connectivity index (χ0n) is 13.9. The average Bonchev–Trinajstić information content (AvgIpc) is 2.63. The van der Waals surface area contributed by atoms with Crippen LogP contribution < -0.4 is 15.1 Å². The summed E-state index contributed by atoms with van der Waals surface area (Å²) in [6.07, 6.45) is 0. The quantitative estimate of drug-likeness (QED) is 0.605. The van der Waals surface area contributed by atoms with E-state index in [9.17, 15) is 4.57 Å². The first-order valence-corrected chi connectivity index (χ1v) is 9.73. The highest BCUT2D eigenvalue weighted by atomic mass is 31.2. The molecule has 0 saturated carbocycles. The van der Waals surface area contributed by atoms with Crippen molar-refractivity contribution in [3.63, 3.8) is 0 Å². The van der Waals surface area contributed by atoms with E-state index in [4.69, 9.17) is 4.52 Å². The van der Waals surface area contributed by atoms with Crippen molar-refractivity contribution < 1.29 is 9.09 Å². The van der Waals surface area contributed by atoms with Crippen LogP contribution in [0.1, 0.15) is 25.3 Å². The third-order valence-corrected chi connectivity index (χ3v) is 6.37. The molecule has 0 aromatic heterocycles. The minimum absolute atomic E-state index is 0.293. The van der Waals surface area contributed by atoms with Crippen LogP contribution in [-0.2, 0) is 4.57 Å². The molecule has 0 aliphatic heterocycles. The van der Waals surface area contributed by atoms with Gasteiger partial charge < -0.3 is 4.52 Å². The molecular weight excluding hydrogens is 315 g/mol. The minimum atomic E-state index is -3.21. The summed E-state index contributed by atoms with van der Waals surface area (Å²) in [5.74, 6) is 0.977. The Hall–Kier alpha value is -2.31. The fraction of sp³-hybridized carbons (Fsp3) is 0.143. The van der Waals surface area contributed by atoms with Crippen LogP contribution in [0, 0.1) is 0 Å². The molecule has 0 saturated heterocycles. The summed E-state index contributed by atoms with van der Waals surface area (Å²) in [6.45, 7) is 4.22. The summed E-state index contributed by atoms with van der Waals surface area (Å²) in [5, 5.41) is 1.41. The Morgan fingerprint density at radius 3 is 1.67 bits per heavy atom. The molecule has 24 heavy (non-hydrogen) atoms. The first kappa shape index (κ1) is 16.5. The second kappa shape index (κ2) is 7.07. The molecule has 0 amide bonds. The number of hydrogen-bond donors (Lipinski definition) is 0. The SMILES string of the molecule is CC(C)c1ccccc1OP(=O)(c1ccccc1)c1ccccc1. The largest absolute Gasteiger partial charge is 0.437 e. The highest BCUT2D eigenvalue weighted by molar-refractivity contribution is 7.74. The van der Waals surface area contributed by atoms with Gasteiger partial charge in [0.05, 0.1) is 10.6 Å². The van der Waals surface area contributed by atoms with Gasteiger partial charge in [-0.2, -0.15) is 0 Å². The first-order chi connectivity index (χ1) is 11.6. The Balaban J connectivity index is 2.13. The molecule has 0 spiro atoms. The topological polar surface area (TPSA) is 26.3 Å². The van der Waals surface area contributed by atoms with E-state index in [0.717, 1.165) is 5.56 Å². The number of hydrogen-bond acceptors (Lipinski definition) is 2. The minimum Gasteiger partial charge on any atom is -0.437 e. The lowest BCUT2D eigenvalue weighted by Crippen LogP contribution is -2.20. The summed E-state index contributed by atoms with van der Waals surface area (Å²) in [4.78, 5) is 0. The van der Waals surface area contributed by atoms with Crippen LogP contribution in [0.15, 0.2) is 84.9 Å². The molecule has 3 aromatic carbocycles. The van der Waals surface area contributed by atoms with Crippen LogP contribution in [0.4, 0.5) is 0 Å². The maximum atomic E-state index is 13.9. The van der Waals surface area contributed by atoms with Crippen molar-refractivity contribution >= 4 is 18.0 Å². The number of para-hydroxylation sites is 1.